The van der Waals surface area contributed by atoms with Crippen LogP contribution in [-0.4, -0.2) is 18.0 Å². The van der Waals surface area contributed by atoms with Gasteiger partial charge in [0.15, 0.2) is 6.10 Å². The van der Waals surface area contributed by atoms with Crippen molar-refractivity contribution in [3.8, 4) is 0 Å². The minimum atomic E-state index is -0.983. The second-order valence-corrected chi connectivity index (χ2v) is 6.31. The molecule has 1 amide bonds. The van der Waals surface area contributed by atoms with Gasteiger partial charge < -0.3 is 10.1 Å². The Morgan fingerprint density at radius 1 is 1.22 bits per heavy atom. The van der Waals surface area contributed by atoms with Crippen molar-refractivity contribution >= 4 is 58.2 Å². The van der Waals surface area contributed by atoms with Crippen molar-refractivity contribution in [3.63, 3.8) is 0 Å². The molecule has 0 bridgehead atoms. The van der Waals surface area contributed by atoms with Crippen LogP contribution in [0.5, 0.6) is 0 Å². The van der Waals surface area contributed by atoms with Gasteiger partial charge in [-0.15, -0.1) is 11.3 Å². The number of esters is 1. The van der Waals surface area contributed by atoms with Crippen molar-refractivity contribution in [1.29, 1.82) is 0 Å². The van der Waals surface area contributed by atoms with Gasteiger partial charge in [-0.05, 0) is 36.6 Å². The number of ether oxygens (including phenoxy) is 1. The van der Waals surface area contributed by atoms with Crippen molar-refractivity contribution in [1.82, 2.24) is 0 Å². The topological polar surface area (TPSA) is 55.4 Å². The smallest absolute Gasteiger partial charge is 0.331 e. The van der Waals surface area contributed by atoms with Crippen LogP contribution in [0.4, 0.5) is 5.69 Å². The Bertz CT molecular complexity index is 709. The molecule has 0 saturated heterocycles. The van der Waals surface area contributed by atoms with Crippen LogP contribution in [-0.2, 0) is 14.3 Å². The van der Waals surface area contributed by atoms with Crippen LogP contribution in [0, 0.1) is 0 Å². The zero-order chi connectivity index (χ0) is 16.8. The minimum absolute atomic E-state index is 0.290. The van der Waals surface area contributed by atoms with Gasteiger partial charge in [0.2, 0.25) is 0 Å². The second kappa shape index (κ2) is 8.15. The maximum Gasteiger partial charge on any atom is 0.331 e. The zero-order valence-corrected chi connectivity index (χ0v) is 14.4. The van der Waals surface area contributed by atoms with Gasteiger partial charge >= 0.3 is 5.97 Å². The first-order chi connectivity index (χ1) is 11.0. The van der Waals surface area contributed by atoms with Crippen molar-refractivity contribution in [3.05, 3.63) is 56.7 Å². The maximum absolute atomic E-state index is 12.1. The van der Waals surface area contributed by atoms with Crippen molar-refractivity contribution in [2.45, 2.75) is 13.0 Å². The van der Waals surface area contributed by atoms with Crippen LogP contribution in [0.3, 0.4) is 0 Å². The van der Waals surface area contributed by atoms with Crippen molar-refractivity contribution < 1.29 is 14.3 Å². The Hall–Kier alpha value is -1.82. The monoisotopic (exact) mass is 369 g/mol. The fourth-order valence-corrected chi connectivity index (χ4v) is 2.76. The molecule has 0 aliphatic carbocycles. The molecule has 0 saturated carbocycles. The third-order valence-electron chi connectivity index (χ3n) is 2.80. The van der Waals surface area contributed by atoms with Gasteiger partial charge in [-0.1, -0.05) is 35.3 Å². The van der Waals surface area contributed by atoms with E-state index in [2.05, 4.69) is 5.32 Å². The van der Waals surface area contributed by atoms with E-state index >= 15 is 0 Å². The summed E-state index contributed by atoms with van der Waals surface area (Å²) < 4.78 is 5.04. The summed E-state index contributed by atoms with van der Waals surface area (Å²) in [7, 11) is 0. The summed E-state index contributed by atoms with van der Waals surface area (Å²) in [5, 5.41) is 5.06. The molecule has 0 spiro atoms. The minimum Gasteiger partial charge on any atom is -0.449 e. The first-order valence-corrected chi connectivity index (χ1v) is 8.28. The van der Waals surface area contributed by atoms with Gasteiger partial charge in [0.25, 0.3) is 5.91 Å². The van der Waals surface area contributed by atoms with Crippen LogP contribution in [0.2, 0.25) is 10.0 Å². The lowest BCUT2D eigenvalue weighted by atomic mass is 10.3. The Morgan fingerprint density at radius 2 is 1.91 bits per heavy atom. The molecule has 7 heteroatoms. The Labute approximate surface area is 147 Å². The van der Waals surface area contributed by atoms with E-state index in [1.165, 1.54) is 24.3 Å². The van der Waals surface area contributed by atoms with E-state index in [4.69, 9.17) is 27.9 Å². The van der Waals surface area contributed by atoms with Gasteiger partial charge in [-0.3, -0.25) is 4.79 Å². The van der Waals surface area contributed by atoms with Gasteiger partial charge in [0.05, 0.1) is 15.7 Å². The van der Waals surface area contributed by atoms with E-state index in [1.807, 2.05) is 17.5 Å². The quantitative estimate of drug-likeness (QED) is 0.616. The zero-order valence-electron chi connectivity index (χ0n) is 12.1. The predicted molar refractivity (Wildman–Crippen MR) is 94.0 cm³/mol. The summed E-state index contributed by atoms with van der Waals surface area (Å²) in [6.45, 7) is 1.47. The molecule has 2 rings (SSSR count). The van der Waals surface area contributed by atoms with Crippen molar-refractivity contribution in [2.75, 3.05) is 5.32 Å². The van der Waals surface area contributed by atoms with Crippen LogP contribution < -0.4 is 5.32 Å². The standard InChI is InChI=1S/C16H13Cl2NO3S/c1-10(22-14(20)8-7-11-4-3-9-23-11)16(21)19-15-12(17)5-2-6-13(15)18/h2-10H,1H3,(H,19,21)/b8-7+/t10-/m0/s1. The molecule has 0 aliphatic rings. The molecule has 1 heterocycles. The second-order valence-electron chi connectivity index (χ2n) is 4.51. The number of amides is 1. The number of para-hydroxylation sites is 1. The van der Waals surface area contributed by atoms with E-state index in [9.17, 15) is 9.59 Å². The molecule has 1 N–H and O–H groups in total. The van der Waals surface area contributed by atoms with Gasteiger partial charge in [-0.2, -0.15) is 0 Å². The van der Waals surface area contributed by atoms with Crippen molar-refractivity contribution in [2.24, 2.45) is 0 Å². The number of benzene rings is 1. The van der Waals surface area contributed by atoms with E-state index in [-0.39, 0.29) is 5.69 Å². The Balaban J connectivity index is 1.93. The fourth-order valence-electron chi connectivity index (χ4n) is 1.65. The highest BCUT2D eigenvalue weighted by atomic mass is 35.5. The molecule has 0 aliphatic heterocycles. The van der Waals surface area contributed by atoms with E-state index < -0.39 is 18.0 Å². The first kappa shape index (κ1) is 17.5. The highest BCUT2D eigenvalue weighted by molar-refractivity contribution is 7.10. The average molecular weight is 370 g/mol. The first-order valence-electron chi connectivity index (χ1n) is 6.64. The summed E-state index contributed by atoms with van der Waals surface area (Å²) >= 11 is 13.4. The highest BCUT2D eigenvalue weighted by Gasteiger charge is 2.18. The summed E-state index contributed by atoms with van der Waals surface area (Å²) in [4.78, 5) is 24.7. The maximum atomic E-state index is 12.1. The molecular weight excluding hydrogens is 357 g/mol. The Kier molecular flexibility index (Phi) is 6.21. The molecule has 1 aromatic heterocycles. The van der Waals surface area contributed by atoms with E-state index in [0.29, 0.717) is 10.0 Å². The van der Waals surface area contributed by atoms with E-state index in [0.717, 1.165) is 4.88 Å². The molecule has 1 aromatic carbocycles. The number of hydrogen-bond acceptors (Lipinski definition) is 4. The molecule has 0 fully saturated rings. The van der Waals surface area contributed by atoms with Gasteiger partial charge in [0, 0.05) is 11.0 Å². The lowest BCUT2D eigenvalue weighted by Gasteiger charge is -2.14. The predicted octanol–water partition coefficient (Wildman–Crippen LogP) is 4.64. The van der Waals surface area contributed by atoms with Crippen LogP contribution >= 0.6 is 34.5 Å². The lowest BCUT2D eigenvalue weighted by molar-refractivity contribution is -0.148. The van der Waals surface area contributed by atoms with Crippen LogP contribution in [0.1, 0.15) is 11.8 Å². The highest BCUT2D eigenvalue weighted by Crippen LogP contribution is 2.29. The Morgan fingerprint density at radius 3 is 2.52 bits per heavy atom. The third kappa shape index (κ3) is 5.10. The molecule has 120 valence electrons. The number of carbonyl (C=O) groups is 2. The summed E-state index contributed by atoms with van der Waals surface area (Å²) in [5.41, 5.74) is 0.290. The average Bonchev–Trinajstić information content (AvgIpc) is 3.02. The number of halogens is 2. The fraction of sp³-hybridized carbons (Fsp3) is 0.125. The molecule has 0 radical (unpaired) electrons. The number of carbonyl (C=O) groups excluding carboxylic acids is 2. The molecule has 4 nitrogen and oxygen atoms in total. The van der Waals surface area contributed by atoms with E-state index in [1.54, 1.807) is 24.3 Å². The number of anilines is 1. The molecular formula is C16H13Cl2NO3S. The summed E-state index contributed by atoms with van der Waals surface area (Å²) in [6.07, 6.45) is 1.92. The number of nitrogens with one attached hydrogen (secondary N) is 1. The normalized spacial score (nSPS) is 12.1. The third-order valence-corrected chi connectivity index (χ3v) is 4.27. The number of thiophene rings is 1. The SMILES string of the molecule is C[C@H](OC(=O)/C=C/c1cccs1)C(=O)Nc1c(Cl)cccc1Cl. The summed E-state index contributed by atoms with van der Waals surface area (Å²) in [5.74, 6) is -1.12. The lowest BCUT2D eigenvalue weighted by Crippen LogP contribution is -2.29. The largest absolute Gasteiger partial charge is 0.449 e. The van der Waals surface area contributed by atoms with Crippen LogP contribution in [0.15, 0.2) is 41.8 Å². The van der Waals surface area contributed by atoms with Crippen LogP contribution in [0.25, 0.3) is 6.08 Å². The van der Waals surface area contributed by atoms with Gasteiger partial charge in [-0.25, -0.2) is 4.79 Å². The molecule has 23 heavy (non-hydrogen) atoms. The number of hydrogen-bond donors (Lipinski definition) is 1. The molecule has 2 aromatic rings. The number of rotatable bonds is 5. The summed E-state index contributed by atoms with van der Waals surface area (Å²) in [6, 6.07) is 8.61. The molecule has 0 unspecified atom stereocenters. The molecule has 1 atom stereocenters. The van der Waals surface area contributed by atoms with Gasteiger partial charge in [0.1, 0.15) is 0 Å².